The second-order valence-electron chi connectivity index (χ2n) is 3.70. The number of hydrogen-bond donors (Lipinski definition) is 1. The normalized spacial score (nSPS) is 16.0. The Labute approximate surface area is 107 Å². The topological polar surface area (TPSA) is 86.5 Å². The number of Topliss-reactive ketones (excluding diaryl/α,β-unsaturated/α-hetero) is 1. The molecule has 0 fully saturated rings. The second kappa shape index (κ2) is 4.40. The van der Waals surface area contributed by atoms with Crippen molar-refractivity contribution in [3.8, 4) is 5.75 Å². The molecule has 0 aliphatic carbocycles. The van der Waals surface area contributed by atoms with Crippen LogP contribution in [0.2, 0.25) is 0 Å². The number of primary sulfonamides is 1. The molecule has 7 heteroatoms. The molecular weight excluding hydrogens is 310 g/mol. The van der Waals surface area contributed by atoms with Crippen LogP contribution in [0.4, 0.5) is 0 Å². The zero-order valence-corrected chi connectivity index (χ0v) is 11.2. The van der Waals surface area contributed by atoms with Gasteiger partial charge in [-0.3, -0.25) is 4.79 Å². The van der Waals surface area contributed by atoms with E-state index in [0.29, 0.717) is 29.7 Å². The number of ether oxygens (including phenoxy) is 1. The molecule has 2 N–H and O–H groups in total. The summed E-state index contributed by atoms with van der Waals surface area (Å²) in [5, 5.41) is 5.07. The van der Waals surface area contributed by atoms with Crippen LogP contribution in [0, 0.1) is 0 Å². The van der Waals surface area contributed by atoms with Gasteiger partial charge in [-0.05, 0) is 34.5 Å². The molecule has 17 heavy (non-hydrogen) atoms. The highest BCUT2D eigenvalue weighted by molar-refractivity contribution is 9.10. The van der Waals surface area contributed by atoms with Gasteiger partial charge in [0, 0.05) is 10.9 Å². The van der Waals surface area contributed by atoms with Gasteiger partial charge in [0.05, 0.1) is 17.1 Å². The molecule has 0 bridgehead atoms. The van der Waals surface area contributed by atoms with Gasteiger partial charge in [0.25, 0.3) is 0 Å². The third-order valence-electron chi connectivity index (χ3n) is 2.45. The van der Waals surface area contributed by atoms with Gasteiger partial charge >= 0.3 is 0 Å². The van der Waals surface area contributed by atoms with Crippen LogP contribution in [-0.2, 0) is 10.0 Å². The maximum atomic E-state index is 11.8. The van der Waals surface area contributed by atoms with E-state index in [2.05, 4.69) is 15.9 Å². The molecule has 1 aliphatic heterocycles. The van der Waals surface area contributed by atoms with Gasteiger partial charge in [0.15, 0.2) is 5.78 Å². The summed E-state index contributed by atoms with van der Waals surface area (Å²) in [4.78, 5) is 11.7. The largest absolute Gasteiger partial charge is 0.493 e. The summed E-state index contributed by atoms with van der Waals surface area (Å²) in [5.41, 5.74) is 0.273. The Hall–Kier alpha value is -0.920. The Morgan fingerprint density at radius 1 is 1.35 bits per heavy atom. The van der Waals surface area contributed by atoms with Gasteiger partial charge < -0.3 is 4.74 Å². The van der Waals surface area contributed by atoms with Gasteiger partial charge in [-0.25, -0.2) is 13.6 Å². The highest BCUT2D eigenvalue weighted by atomic mass is 79.9. The van der Waals surface area contributed by atoms with Gasteiger partial charge in [-0.2, -0.15) is 0 Å². The lowest BCUT2D eigenvalue weighted by Gasteiger charge is -2.09. The molecule has 1 aromatic carbocycles. The predicted molar refractivity (Wildman–Crippen MR) is 64.6 cm³/mol. The summed E-state index contributed by atoms with van der Waals surface area (Å²) < 4.78 is 28.3. The molecule has 0 saturated heterocycles. The SMILES string of the molecule is NS(=O)(=O)c1cc2c(cc1Br)OCCCC2=O. The molecule has 0 radical (unpaired) electrons. The summed E-state index contributed by atoms with van der Waals surface area (Å²) in [5.74, 6) is 0.265. The number of hydrogen-bond acceptors (Lipinski definition) is 4. The molecule has 2 rings (SSSR count). The van der Waals surface area contributed by atoms with Crippen LogP contribution in [0.25, 0.3) is 0 Å². The third kappa shape index (κ3) is 2.51. The molecule has 0 unspecified atom stereocenters. The fourth-order valence-electron chi connectivity index (χ4n) is 1.64. The zero-order chi connectivity index (χ0) is 12.6. The van der Waals surface area contributed by atoms with Crippen LogP contribution in [0.5, 0.6) is 5.75 Å². The first-order valence-corrected chi connectivity index (χ1v) is 7.26. The average Bonchev–Trinajstić information content (AvgIpc) is 2.38. The Morgan fingerprint density at radius 3 is 2.71 bits per heavy atom. The van der Waals surface area contributed by atoms with Gasteiger partial charge in [-0.1, -0.05) is 0 Å². The number of fused-ring (bicyclic) bond motifs is 1. The minimum Gasteiger partial charge on any atom is -0.493 e. The summed E-state index contributed by atoms with van der Waals surface area (Å²) in [6, 6.07) is 2.74. The van der Waals surface area contributed by atoms with Crippen molar-refractivity contribution in [2.24, 2.45) is 5.14 Å². The molecule has 0 amide bonds. The first kappa shape index (κ1) is 12.5. The van der Waals surface area contributed by atoms with E-state index in [4.69, 9.17) is 9.88 Å². The van der Waals surface area contributed by atoms with Crippen molar-refractivity contribution >= 4 is 31.7 Å². The van der Waals surface area contributed by atoms with E-state index >= 15 is 0 Å². The lowest BCUT2D eigenvalue weighted by atomic mass is 10.1. The van der Waals surface area contributed by atoms with Gasteiger partial charge in [0.1, 0.15) is 5.75 Å². The lowest BCUT2D eigenvalue weighted by molar-refractivity contribution is 0.0983. The lowest BCUT2D eigenvalue weighted by Crippen LogP contribution is -2.14. The molecule has 1 heterocycles. The molecule has 5 nitrogen and oxygen atoms in total. The van der Waals surface area contributed by atoms with Gasteiger partial charge in [0.2, 0.25) is 10.0 Å². The molecule has 92 valence electrons. The third-order valence-corrected chi connectivity index (χ3v) is 4.32. The predicted octanol–water partition coefficient (Wildman–Crippen LogP) is 1.45. The number of benzene rings is 1. The van der Waals surface area contributed by atoms with Crippen molar-refractivity contribution in [2.75, 3.05) is 6.61 Å². The summed E-state index contributed by atoms with van der Waals surface area (Å²) in [6.45, 7) is 0.444. The van der Waals surface area contributed by atoms with Crippen molar-refractivity contribution in [3.63, 3.8) is 0 Å². The van der Waals surface area contributed by atoms with Crippen LogP contribution < -0.4 is 9.88 Å². The minimum absolute atomic E-state index is 0.102. The fraction of sp³-hybridized carbons (Fsp3) is 0.300. The van der Waals surface area contributed by atoms with Crippen molar-refractivity contribution in [3.05, 3.63) is 22.2 Å². The first-order chi connectivity index (χ1) is 7.89. The van der Waals surface area contributed by atoms with Crippen LogP contribution in [-0.4, -0.2) is 20.8 Å². The second-order valence-corrected chi connectivity index (χ2v) is 6.08. The number of ketones is 1. The highest BCUT2D eigenvalue weighted by Crippen LogP contribution is 2.32. The van der Waals surface area contributed by atoms with E-state index in [1.165, 1.54) is 12.1 Å². The Bertz CT molecular complexity index is 582. The fourth-order valence-corrected chi connectivity index (χ4v) is 3.25. The molecule has 0 saturated carbocycles. The first-order valence-electron chi connectivity index (χ1n) is 4.92. The molecule has 0 atom stereocenters. The number of sulfonamides is 1. The van der Waals surface area contributed by atoms with Crippen LogP contribution >= 0.6 is 15.9 Å². The van der Waals surface area contributed by atoms with E-state index < -0.39 is 10.0 Å². The average molecular weight is 320 g/mol. The number of halogens is 1. The summed E-state index contributed by atoms with van der Waals surface area (Å²) in [7, 11) is -3.86. The summed E-state index contributed by atoms with van der Waals surface area (Å²) in [6.07, 6.45) is 0.967. The number of carbonyl (C=O) groups excluding carboxylic acids is 1. The van der Waals surface area contributed by atoms with E-state index in [9.17, 15) is 13.2 Å². The Morgan fingerprint density at radius 2 is 2.06 bits per heavy atom. The number of nitrogens with two attached hydrogens (primary N) is 1. The van der Waals surface area contributed by atoms with Crippen LogP contribution in [0.1, 0.15) is 23.2 Å². The highest BCUT2D eigenvalue weighted by Gasteiger charge is 2.22. The van der Waals surface area contributed by atoms with E-state index in [1.807, 2.05) is 0 Å². The van der Waals surface area contributed by atoms with E-state index in [1.54, 1.807) is 0 Å². The van der Waals surface area contributed by atoms with Crippen molar-refractivity contribution in [1.82, 2.24) is 0 Å². The molecule has 1 aliphatic rings. The summed E-state index contributed by atoms with van der Waals surface area (Å²) >= 11 is 3.11. The maximum Gasteiger partial charge on any atom is 0.239 e. The van der Waals surface area contributed by atoms with Crippen molar-refractivity contribution in [1.29, 1.82) is 0 Å². The smallest absolute Gasteiger partial charge is 0.239 e. The zero-order valence-electron chi connectivity index (χ0n) is 8.77. The molecule has 0 aromatic heterocycles. The number of carbonyl (C=O) groups is 1. The van der Waals surface area contributed by atoms with E-state index in [0.717, 1.165) is 0 Å². The molecule has 1 aromatic rings. The maximum absolute atomic E-state index is 11.8. The van der Waals surface area contributed by atoms with E-state index in [-0.39, 0.29) is 16.2 Å². The monoisotopic (exact) mass is 319 g/mol. The molecule has 0 spiro atoms. The van der Waals surface area contributed by atoms with Crippen LogP contribution in [0.15, 0.2) is 21.5 Å². The van der Waals surface area contributed by atoms with Crippen molar-refractivity contribution < 1.29 is 17.9 Å². The Balaban J connectivity index is 2.66. The number of rotatable bonds is 1. The minimum atomic E-state index is -3.86. The quantitative estimate of drug-likeness (QED) is 0.848. The standard InChI is InChI=1S/C10H10BrNO4S/c11-7-5-9-6(4-10(7)17(12,14)15)8(13)2-1-3-16-9/h4-5H,1-3H2,(H2,12,14,15). The van der Waals surface area contributed by atoms with Crippen molar-refractivity contribution in [2.45, 2.75) is 17.7 Å². The molecular formula is C10H10BrNO4S. The Kier molecular flexibility index (Phi) is 3.24. The van der Waals surface area contributed by atoms with Gasteiger partial charge in [-0.15, -0.1) is 0 Å². The van der Waals surface area contributed by atoms with Crippen LogP contribution in [0.3, 0.4) is 0 Å².